The van der Waals surface area contributed by atoms with E-state index in [0.29, 0.717) is 5.56 Å². The van der Waals surface area contributed by atoms with Crippen molar-refractivity contribution >= 4 is 11.0 Å². The van der Waals surface area contributed by atoms with Gasteiger partial charge < -0.3 is 12.5 Å². The number of rotatable bonds is 3. The van der Waals surface area contributed by atoms with Gasteiger partial charge in [0, 0.05) is 46.0 Å². The fraction of sp³-hybridized carbons (Fsp3) is 0.316. The number of aryl methyl sites for hydroxylation is 2. The molecule has 0 saturated heterocycles. The van der Waals surface area contributed by atoms with Crippen LogP contribution in [0.3, 0.4) is 0 Å². The van der Waals surface area contributed by atoms with Gasteiger partial charge in [-0.05, 0) is 18.1 Å². The van der Waals surface area contributed by atoms with Crippen molar-refractivity contribution in [2.24, 2.45) is 7.05 Å². The van der Waals surface area contributed by atoms with Crippen molar-refractivity contribution in [3.8, 4) is 16.9 Å². The molecule has 3 rings (SSSR count). The van der Waals surface area contributed by atoms with E-state index in [4.69, 9.17) is 0 Å². The van der Waals surface area contributed by atoms with E-state index in [1.54, 1.807) is 38.2 Å². The van der Waals surface area contributed by atoms with Crippen molar-refractivity contribution < 1.29 is 46.6 Å². The average molecular weight is 453 g/mol. The van der Waals surface area contributed by atoms with E-state index in [1.807, 2.05) is 13.8 Å². The van der Waals surface area contributed by atoms with Gasteiger partial charge in [0.25, 0.3) is 12.0 Å². The number of pyridine rings is 1. The summed E-state index contributed by atoms with van der Waals surface area (Å²) in [6, 6.07) is 7.00. The minimum Gasteiger partial charge on any atom is -0.506 e. The normalized spacial score (nSPS) is 10.0. The molecule has 3 aromatic rings. The zero-order valence-electron chi connectivity index (χ0n) is 16.2. The van der Waals surface area contributed by atoms with Gasteiger partial charge in [-0.1, -0.05) is 38.1 Å². The van der Waals surface area contributed by atoms with E-state index >= 15 is 0 Å². The Kier molecular flexibility index (Phi) is 10.0. The van der Waals surface area contributed by atoms with Gasteiger partial charge in [0.2, 0.25) is 0 Å². The average Bonchev–Trinajstić information content (AvgIpc) is 2.97. The first kappa shape index (κ1) is 25.4. The summed E-state index contributed by atoms with van der Waals surface area (Å²) in [5, 5.41) is 14.8. The molecule has 0 fully saturated rings. The van der Waals surface area contributed by atoms with Crippen LogP contribution < -0.4 is 5.56 Å². The van der Waals surface area contributed by atoms with Crippen molar-refractivity contribution in [1.29, 1.82) is 0 Å². The third kappa shape index (κ3) is 5.02. The Morgan fingerprint density at radius 1 is 1.22 bits per heavy atom. The fourth-order valence-corrected chi connectivity index (χ4v) is 2.71. The summed E-state index contributed by atoms with van der Waals surface area (Å²) in [5.41, 5.74) is 0.677. The van der Waals surface area contributed by atoms with Crippen molar-refractivity contribution in [1.82, 2.24) is 14.3 Å². The van der Waals surface area contributed by atoms with Crippen LogP contribution in [0.1, 0.15) is 19.4 Å². The monoisotopic (exact) mass is 453 g/mol. The van der Waals surface area contributed by atoms with Gasteiger partial charge in [0.05, 0.1) is 17.5 Å². The van der Waals surface area contributed by atoms with Gasteiger partial charge in [-0.2, -0.15) is 5.10 Å². The maximum absolute atomic E-state index is 12.9. The molecular weight excluding hydrogens is 429 g/mol. The smallest absolute Gasteiger partial charge is 0.264 e. The molecule has 2 heterocycles. The quantitative estimate of drug-likeness (QED) is 0.607. The van der Waals surface area contributed by atoms with Gasteiger partial charge >= 0.3 is 0 Å². The van der Waals surface area contributed by atoms with Crippen molar-refractivity contribution in [3.63, 3.8) is 0 Å². The molecule has 0 bridgehead atoms. The SMILES string of the molecule is CC.Cc1ccccc1-c1c(O)c2cn(C)nc2n(CC(F)F)c1=O.[CH3-].[Y]. The fourth-order valence-electron chi connectivity index (χ4n) is 2.71. The van der Waals surface area contributed by atoms with Crippen LogP contribution >= 0.6 is 0 Å². The van der Waals surface area contributed by atoms with Crippen LogP contribution in [-0.4, -0.2) is 25.9 Å². The van der Waals surface area contributed by atoms with E-state index < -0.39 is 18.5 Å². The van der Waals surface area contributed by atoms with E-state index in [0.717, 1.165) is 10.1 Å². The second kappa shape index (κ2) is 10.7. The predicted molar refractivity (Wildman–Crippen MR) is 101 cm³/mol. The topological polar surface area (TPSA) is 60.0 Å². The number of halogens is 2. The molecule has 1 aromatic carbocycles. The summed E-state index contributed by atoms with van der Waals surface area (Å²) in [6.07, 6.45) is -1.19. The molecule has 2 aromatic heterocycles. The van der Waals surface area contributed by atoms with Crippen LogP contribution in [0.15, 0.2) is 35.3 Å². The van der Waals surface area contributed by atoms with E-state index in [2.05, 4.69) is 5.10 Å². The number of hydrogen-bond acceptors (Lipinski definition) is 3. The molecule has 0 aliphatic rings. The molecule has 0 aliphatic carbocycles. The summed E-state index contributed by atoms with van der Waals surface area (Å²) in [6.45, 7) is 5.02. The molecule has 27 heavy (non-hydrogen) atoms. The third-order valence-corrected chi connectivity index (χ3v) is 3.75. The van der Waals surface area contributed by atoms with Crippen LogP contribution in [0, 0.1) is 14.4 Å². The molecule has 0 unspecified atom stereocenters. The molecule has 8 heteroatoms. The van der Waals surface area contributed by atoms with Gasteiger partial charge in [-0.3, -0.25) is 14.0 Å². The van der Waals surface area contributed by atoms with Crippen molar-refractivity contribution in [2.75, 3.05) is 0 Å². The van der Waals surface area contributed by atoms with Crippen LogP contribution in [0.5, 0.6) is 5.75 Å². The predicted octanol–water partition coefficient (Wildman–Crippen LogP) is 4.16. The summed E-state index contributed by atoms with van der Waals surface area (Å²) in [7, 11) is 1.60. The minimum atomic E-state index is -2.70. The molecule has 5 nitrogen and oxygen atoms in total. The van der Waals surface area contributed by atoms with Gasteiger partial charge in [-0.25, -0.2) is 8.78 Å². The summed E-state index contributed by atoms with van der Waals surface area (Å²) >= 11 is 0. The number of aromatic nitrogens is 3. The Morgan fingerprint density at radius 3 is 2.37 bits per heavy atom. The summed E-state index contributed by atoms with van der Waals surface area (Å²) in [4.78, 5) is 12.7. The third-order valence-electron chi connectivity index (χ3n) is 3.75. The molecule has 0 saturated carbocycles. The zero-order valence-corrected chi connectivity index (χ0v) is 19.0. The summed E-state index contributed by atoms with van der Waals surface area (Å²) < 4.78 is 28.1. The Morgan fingerprint density at radius 2 is 1.81 bits per heavy atom. The molecule has 0 atom stereocenters. The van der Waals surface area contributed by atoms with E-state index in [1.165, 1.54) is 10.9 Å². The Labute approximate surface area is 182 Å². The number of hydrogen-bond donors (Lipinski definition) is 1. The summed E-state index contributed by atoms with van der Waals surface area (Å²) in [5.74, 6) is -0.238. The second-order valence-corrected chi connectivity index (χ2v) is 5.39. The molecule has 0 amide bonds. The van der Waals surface area contributed by atoms with Crippen molar-refractivity contribution in [2.45, 2.75) is 33.7 Å². The zero-order chi connectivity index (χ0) is 18.7. The van der Waals surface area contributed by atoms with Gasteiger partial charge in [-0.15, -0.1) is 0 Å². The minimum absolute atomic E-state index is 0. The maximum atomic E-state index is 12.9. The first-order valence-electron chi connectivity index (χ1n) is 8.03. The van der Waals surface area contributed by atoms with E-state index in [9.17, 15) is 18.7 Å². The van der Waals surface area contributed by atoms with Gasteiger partial charge in [0.1, 0.15) is 5.75 Å². The molecule has 1 N–H and O–H groups in total. The molecule has 0 spiro atoms. The first-order valence-corrected chi connectivity index (χ1v) is 8.03. The van der Waals surface area contributed by atoms with Crippen LogP contribution in [0.2, 0.25) is 0 Å². The maximum Gasteiger partial charge on any atom is 0.264 e. The molecular formula is C19H24F2N3O2Y-. The number of benzene rings is 1. The van der Waals surface area contributed by atoms with Crippen molar-refractivity contribution in [3.05, 3.63) is 53.8 Å². The Balaban J connectivity index is 0.00000164. The number of fused-ring (bicyclic) bond motifs is 1. The Bertz CT molecular complexity index is 952. The Hall–Kier alpha value is -1.60. The molecule has 145 valence electrons. The van der Waals surface area contributed by atoms with Crippen LogP contribution in [-0.2, 0) is 46.3 Å². The van der Waals surface area contributed by atoms with Gasteiger partial charge in [0.15, 0.2) is 5.65 Å². The first-order chi connectivity index (χ1) is 11.9. The van der Waals surface area contributed by atoms with E-state index in [-0.39, 0.29) is 62.5 Å². The largest absolute Gasteiger partial charge is 0.506 e. The van der Waals surface area contributed by atoms with Crippen LogP contribution in [0.4, 0.5) is 8.78 Å². The standard InChI is InChI=1S/C16H15F2N3O2.C2H6.CH3.Y/c1-9-5-3-4-6-10(9)13-14(22)11-7-20(2)19-15(11)21(16(13)23)8-12(17)18;1-2;;/h3-7,12,22H,8H2,1-2H3;1-2H3;1H3;/q;;-1;. The number of alkyl halides is 2. The second-order valence-electron chi connectivity index (χ2n) is 5.39. The molecule has 0 aliphatic heterocycles. The molecule has 1 radical (unpaired) electrons. The number of nitrogens with zero attached hydrogens (tertiary/aromatic N) is 3. The number of aromatic hydroxyl groups is 1. The van der Waals surface area contributed by atoms with Crippen LogP contribution in [0.25, 0.3) is 22.2 Å².